The molecule has 0 aliphatic heterocycles. The van der Waals surface area contributed by atoms with E-state index in [0.717, 1.165) is 22.7 Å². The van der Waals surface area contributed by atoms with Crippen LogP contribution in [0.15, 0.2) is 361 Å². The Kier molecular flexibility index (Phi) is 15.7. The standard InChI is InChI=1S/C97H60N4S8/c1-5-17-65(18-6-1)98-77(89-25-13-53-102-89)37-41-81(98)93-49-45-85(106-93)61-29-33-69-70-34-30-62(86-46-50-94(107-86)82-42-38-78(90-26-14-54-103-90)99(82)66-19-7-2-8-20-66)58-74(70)97(73(69)57-61)75-59-63(87-47-51-95(108-87)83-43-39-79(91-27-15-55-104-91)100(83)67-21-9-3-10-22-67)31-35-71(75)72-36-32-64(60-76(72)97)88-48-52-96(109-88)84-44-40-80(92-28-16-56-105-92)101(84)68-23-11-4-12-24-68/h1-60H. The second-order valence-corrected chi connectivity index (χ2v) is 35.6. The van der Waals surface area contributed by atoms with Crippen LogP contribution in [0.5, 0.6) is 0 Å². The first-order chi connectivity index (χ1) is 54.0. The number of hydrogen-bond acceptors (Lipinski definition) is 8. The molecule has 12 heteroatoms. The van der Waals surface area contributed by atoms with Gasteiger partial charge in [0.15, 0.2) is 0 Å². The van der Waals surface area contributed by atoms with Crippen molar-refractivity contribution < 1.29 is 0 Å². The average Bonchev–Trinajstić information content (AvgIpc) is 1.50. The van der Waals surface area contributed by atoms with Crippen molar-refractivity contribution in [2.24, 2.45) is 0 Å². The third-order valence-electron chi connectivity index (χ3n) is 21.5. The Morgan fingerprint density at radius 3 is 0.596 bits per heavy atom. The first-order valence-electron chi connectivity index (χ1n) is 36.3. The van der Waals surface area contributed by atoms with Crippen LogP contribution in [0.25, 0.3) is 171 Å². The van der Waals surface area contributed by atoms with Gasteiger partial charge in [-0.1, -0.05) is 146 Å². The lowest BCUT2D eigenvalue weighted by atomic mass is 9.69. The normalized spacial score (nSPS) is 12.5. The minimum absolute atomic E-state index is 0.766. The van der Waals surface area contributed by atoms with Gasteiger partial charge >= 0.3 is 0 Å². The molecule has 1 spiro atoms. The molecule has 12 aromatic heterocycles. The lowest BCUT2D eigenvalue weighted by Crippen LogP contribution is -2.26. The molecule has 0 amide bonds. The van der Waals surface area contributed by atoms with E-state index < -0.39 is 5.41 Å². The van der Waals surface area contributed by atoms with Gasteiger partial charge in [-0.15, -0.1) is 90.7 Å². The van der Waals surface area contributed by atoms with E-state index >= 15 is 0 Å². The Labute approximate surface area is 663 Å². The van der Waals surface area contributed by atoms with Gasteiger partial charge in [0.25, 0.3) is 0 Å². The fourth-order valence-corrected chi connectivity index (χ4v) is 23.8. The van der Waals surface area contributed by atoms with Crippen LogP contribution in [0.2, 0.25) is 0 Å². The molecule has 0 unspecified atom stereocenters. The summed E-state index contributed by atoms with van der Waals surface area (Å²) in [6.45, 7) is 0. The van der Waals surface area contributed by atoms with E-state index in [4.69, 9.17) is 0 Å². The second-order valence-electron chi connectivity index (χ2n) is 27.5. The van der Waals surface area contributed by atoms with E-state index in [9.17, 15) is 0 Å². The molecule has 109 heavy (non-hydrogen) atoms. The highest BCUT2D eigenvalue weighted by Crippen LogP contribution is 2.65. The molecule has 0 radical (unpaired) electrons. The van der Waals surface area contributed by atoms with Crippen LogP contribution in [0, 0.1) is 0 Å². The van der Waals surface area contributed by atoms with E-state index in [1.807, 2.05) is 45.3 Å². The maximum absolute atomic E-state index is 2.58. The van der Waals surface area contributed by atoms with Crippen LogP contribution in [0.1, 0.15) is 22.3 Å². The van der Waals surface area contributed by atoms with Crippen molar-refractivity contribution in [3.05, 3.63) is 383 Å². The molecule has 2 aliphatic carbocycles. The first kappa shape index (κ1) is 64.6. The Morgan fingerprint density at radius 2 is 0.385 bits per heavy atom. The average molecular weight is 1540 g/mol. The van der Waals surface area contributed by atoms with Gasteiger partial charge in [0.1, 0.15) is 0 Å². The quantitative estimate of drug-likeness (QED) is 0.0919. The molecule has 0 saturated heterocycles. The maximum Gasteiger partial charge on any atom is 0.0726 e. The molecule has 8 aromatic carbocycles. The van der Waals surface area contributed by atoms with Gasteiger partial charge in [-0.3, -0.25) is 0 Å². The predicted octanol–water partition coefficient (Wildman–Crippen LogP) is 29.7. The Morgan fingerprint density at radius 1 is 0.174 bits per heavy atom. The zero-order valence-electron chi connectivity index (χ0n) is 58.2. The van der Waals surface area contributed by atoms with Crippen LogP contribution < -0.4 is 0 Å². The van der Waals surface area contributed by atoms with Crippen LogP contribution in [-0.2, 0) is 5.41 Å². The van der Waals surface area contributed by atoms with Crippen molar-refractivity contribution in [1.82, 2.24) is 18.3 Å². The van der Waals surface area contributed by atoms with Crippen molar-refractivity contribution in [3.63, 3.8) is 0 Å². The van der Waals surface area contributed by atoms with Crippen LogP contribution in [0.4, 0.5) is 0 Å². The van der Waals surface area contributed by atoms with E-state index in [1.54, 1.807) is 45.3 Å². The van der Waals surface area contributed by atoms with Gasteiger partial charge in [0.05, 0.1) is 90.0 Å². The smallest absolute Gasteiger partial charge is 0.0726 e. The lowest BCUT2D eigenvalue weighted by molar-refractivity contribution is 0.795. The summed E-state index contributed by atoms with van der Waals surface area (Å²) >= 11 is 14.6. The zero-order valence-corrected chi connectivity index (χ0v) is 64.7. The van der Waals surface area contributed by atoms with Gasteiger partial charge in [-0.25, -0.2) is 0 Å². The Hall–Kier alpha value is -11.5. The predicted molar refractivity (Wildman–Crippen MR) is 468 cm³/mol. The van der Waals surface area contributed by atoms with E-state index in [2.05, 4.69) is 380 Å². The van der Waals surface area contributed by atoms with Gasteiger partial charge in [-0.05, 0) is 282 Å². The Balaban J connectivity index is 0.747. The molecule has 516 valence electrons. The van der Waals surface area contributed by atoms with Gasteiger partial charge in [0.2, 0.25) is 0 Å². The number of benzene rings is 8. The number of fused-ring (bicyclic) bond motifs is 10. The number of thiophene rings is 8. The van der Waals surface area contributed by atoms with Crippen molar-refractivity contribution in [2.45, 2.75) is 5.41 Å². The summed E-state index contributed by atoms with van der Waals surface area (Å²) in [5.41, 5.74) is 28.3. The monoisotopic (exact) mass is 1540 g/mol. The third-order valence-corrected chi connectivity index (χ3v) is 29.7. The number of nitrogens with zero attached hydrogens (tertiary/aromatic N) is 4. The molecule has 20 aromatic rings. The second kappa shape index (κ2) is 26.4. The zero-order chi connectivity index (χ0) is 71.7. The molecule has 0 N–H and O–H groups in total. The molecule has 0 bridgehead atoms. The number of hydrogen-bond donors (Lipinski definition) is 0. The summed E-state index contributed by atoms with van der Waals surface area (Å²) in [7, 11) is 0. The summed E-state index contributed by atoms with van der Waals surface area (Å²) in [5.74, 6) is 0. The summed E-state index contributed by atoms with van der Waals surface area (Å²) in [6.07, 6.45) is 0. The van der Waals surface area contributed by atoms with Crippen molar-refractivity contribution in [2.75, 3.05) is 0 Å². The van der Waals surface area contributed by atoms with Crippen molar-refractivity contribution >= 4 is 90.7 Å². The van der Waals surface area contributed by atoms with Gasteiger partial charge in [0, 0.05) is 42.3 Å². The Bertz CT molecular complexity index is 5940. The van der Waals surface area contributed by atoms with Crippen LogP contribution >= 0.6 is 90.7 Å². The molecule has 0 saturated carbocycles. The number of rotatable bonds is 16. The third kappa shape index (κ3) is 10.6. The number of aromatic nitrogens is 4. The summed E-state index contributed by atoms with van der Waals surface area (Å²) in [5, 5.41) is 8.70. The molecular weight excluding hydrogens is 1480 g/mol. The fourth-order valence-electron chi connectivity index (χ4n) is 16.8. The van der Waals surface area contributed by atoms with E-state index in [1.165, 1.54) is 171 Å². The maximum atomic E-state index is 2.58. The summed E-state index contributed by atoms with van der Waals surface area (Å²) in [6, 6.07) is 128. The van der Waals surface area contributed by atoms with Gasteiger partial charge < -0.3 is 18.3 Å². The lowest BCUT2D eigenvalue weighted by Gasteiger charge is -2.31. The molecule has 0 fully saturated rings. The van der Waals surface area contributed by atoms with Crippen LogP contribution in [-0.4, -0.2) is 18.3 Å². The SMILES string of the molecule is c1ccc(-n2c(-c3cccs3)ccc2-c2ccc(-c3ccc4c(c3)C3(c5cc(-c6ccc(-c7ccc(-c8cccs8)n7-c7ccccc7)s6)ccc5-4)c4cc(-c5ccc(-c6ccc(-c7cccs7)n6-c6ccccc6)s5)ccc4-c4ccc(-c5ccc(-c6ccc(-c7cccs7)n6-c6ccccc6)s5)cc43)s2)cc1. The minimum Gasteiger partial charge on any atom is -0.308 e. The van der Waals surface area contributed by atoms with E-state index in [-0.39, 0.29) is 0 Å². The molecule has 2 aliphatic rings. The van der Waals surface area contributed by atoms with Crippen LogP contribution in [0.3, 0.4) is 0 Å². The minimum atomic E-state index is -0.766. The molecular formula is C97H60N4S8. The highest BCUT2D eigenvalue weighted by atomic mass is 32.1. The number of para-hydroxylation sites is 4. The highest BCUT2D eigenvalue weighted by Gasteiger charge is 2.52. The first-order valence-corrected chi connectivity index (χ1v) is 43.1. The molecule has 4 nitrogen and oxygen atoms in total. The fraction of sp³-hybridized carbons (Fsp3) is 0.0103. The highest BCUT2D eigenvalue weighted by molar-refractivity contribution is 7.20. The summed E-state index contributed by atoms with van der Waals surface area (Å²) in [4.78, 5) is 14.7. The molecule has 22 rings (SSSR count). The topological polar surface area (TPSA) is 19.7 Å². The van der Waals surface area contributed by atoms with E-state index in [0.29, 0.717) is 0 Å². The molecule has 0 atom stereocenters. The van der Waals surface area contributed by atoms with Gasteiger partial charge in [-0.2, -0.15) is 0 Å². The molecule has 12 heterocycles. The van der Waals surface area contributed by atoms with Crippen molar-refractivity contribution in [1.29, 1.82) is 0 Å². The largest absolute Gasteiger partial charge is 0.308 e. The van der Waals surface area contributed by atoms with Crippen molar-refractivity contribution in [3.8, 4) is 171 Å². The summed E-state index contributed by atoms with van der Waals surface area (Å²) < 4.78 is 9.76.